The van der Waals surface area contributed by atoms with E-state index >= 15 is 0 Å². The predicted octanol–water partition coefficient (Wildman–Crippen LogP) is 1.01. The molecule has 0 aromatic heterocycles. The summed E-state index contributed by atoms with van der Waals surface area (Å²) in [7, 11) is 0. The van der Waals surface area contributed by atoms with Crippen LogP contribution in [0, 0.1) is 5.92 Å². The fourth-order valence-electron chi connectivity index (χ4n) is 2.01. The first kappa shape index (κ1) is 17.7. The van der Waals surface area contributed by atoms with E-state index in [0.717, 1.165) is 32.8 Å². The number of rotatable bonds is 8. The summed E-state index contributed by atoms with van der Waals surface area (Å²) < 4.78 is 15.1. The highest BCUT2D eigenvalue weighted by atomic mass is 16.6. The summed E-state index contributed by atoms with van der Waals surface area (Å²) in [4.78, 5) is 25.8. The Morgan fingerprint density at radius 1 is 1.10 bits per heavy atom. The molecule has 0 aromatic rings. The molecule has 0 radical (unpaired) electrons. The van der Waals surface area contributed by atoms with Crippen LogP contribution in [0.5, 0.6) is 0 Å². The monoisotopic (exact) mass is 299 g/mol. The minimum atomic E-state index is -0.870. The van der Waals surface area contributed by atoms with Crippen molar-refractivity contribution >= 4 is 11.9 Å². The molecule has 21 heavy (non-hydrogen) atoms. The number of allylic oxidation sites excluding steroid dienone is 1. The lowest BCUT2D eigenvalue weighted by atomic mass is 10.1. The topological polar surface area (TPSA) is 65.1 Å². The van der Waals surface area contributed by atoms with Gasteiger partial charge >= 0.3 is 11.9 Å². The van der Waals surface area contributed by atoms with E-state index in [2.05, 4.69) is 4.90 Å². The maximum atomic E-state index is 11.8. The molecule has 120 valence electrons. The van der Waals surface area contributed by atoms with Gasteiger partial charge in [-0.3, -0.25) is 14.5 Å². The van der Waals surface area contributed by atoms with Gasteiger partial charge in [0.15, 0.2) is 5.92 Å². The van der Waals surface area contributed by atoms with Crippen LogP contribution >= 0.6 is 0 Å². The third-order valence-corrected chi connectivity index (χ3v) is 3.15. The number of carbonyl (C=O) groups is 2. The number of esters is 2. The van der Waals surface area contributed by atoms with Crippen LogP contribution in [0.15, 0.2) is 12.2 Å². The molecule has 1 aliphatic heterocycles. The smallest absolute Gasteiger partial charge is 0.320 e. The van der Waals surface area contributed by atoms with Crippen molar-refractivity contribution in [1.82, 2.24) is 4.90 Å². The Morgan fingerprint density at radius 2 is 1.67 bits per heavy atom. The van der Waals surface area contributed by atoms with E-state index in [-0.39, 0.29) is 13.2 Å². The summed E-state index contributed by atoms with van der Waals surface area (Å²) in [6, 6.07) is 0. The molecule has 1 heterocycles. The van der Waals surface area contributed by atoms with E-state index in [9.17, 15) is 9.59 Å². The summed E-state index contributed by atoms with van der Waals surface area (Å²) in [5.41, 5.74) is 0. The second-order valence-corrected chi connectivity index (χ2v) is 4.68. The molecule has 1 rings (SSSR count). The number of ether oxygens (including phenoxy) is 3. The maximum Gasteiger partial charge on any atom is 0.320 e. The number of carbonyl (C=O) groups excluding carboxylic acids is 2. The van der Waals surface area contributed by atoms with Crippen molar-refractivity contribution < 1.29 is 23.8 Å². The molecule has 0 bridgehead atoms. The molecule has 1 saturated heterocycles. The summed E-state index contributed by atoms with van der Waals surface area (Å²) in [6.07, 6.45) is 4.12. The Hall–Kier alpha value is -1.40. The van der Waals surface area contributed by atoms with Gasteiger partial charge in [0.25, 0.3) is 0 Å². The zero-order chi connectivity index (χ0) is 15.5. The van der Waals surface area contributed by atoms with Crippen molar-refractivity contribution in [3.05, 3.63) is 12.2 Å². The quantitative estimate of drug-likeness (QED) is 0.378. The lowest BCUT2D eigenvalue weighted by molar-refractivity contribution is -0.161. The summed E-state index contributed by atoms with van der Waals surface area (Å²) in [6.45, 7) is 8.06. The van der Waals surface area contributed by atoms with Gasteiger partial charge in [0.05, 0.1) is 26.4 Å². The molecule has 0 spiro atoms. The van der Waals surface area contributed by atoms with Crippen LogP contribution in [-0.4, -0.2) is 62.9 Å². The van der Waals surface area contributed by atoms with Crippen LogP contribution in [0.2, 0.25) is 0 Å². The molecule has 1 aliphatic rings. The summed E-state index contributed by atoms with van der Waals surface area (Å²) >= 11 is 0. The van der Waals surface area contributed by atoms with Crippen molar-refractivity contribution in [1.29, 1.82) is 0 Å². The fourth-order valence-corrected chi connectivity index (χ4v) is 2.01. The van der Waals surface area contributed by atoms with Gasteiger partial charge in [0.1, 0.15) is 0 Å². The average Bonchev–Trinajstić information content (AvgIpc) is 2.48. The van der Waals surface area contributed by atoms with Crippen molar-refractivity contribution in [2.75, 3.05) is 46.1 Å². The molecule has 0 aromatic carbocycles. The second-order valence-electron chi connectivity index (χ2n) is 4.68. The van der Waals surface area contributed by atoms with E-state index in [4.69, 9.17) is 14.2 Å². The molecule has 6 nitrogen and oxygen atoms in total. The van der Waals surface area contributed by atoms with Crippen molar-refractivity contribution in [3.8, 4) is 0 Å². The SMILES string of the molecule is CCOC(=O)C(CC=CCN1CCOCC1)C(=O)OCC. The van der Waals surface area contributed by atoms with Crippen molar-refractivity contribution in [2.45, 2.75) is 20.3 Å². The Morgan fingerprint density at radius 3 is 2.19 bits per heavy atom. The van der Waals surface area contributed by atoms with Gasteiger partial charge < -0.3 is 14.2 Å². The largest absolute Gasteiger partial charge is 0.465 e. The van der Waals surface area contributed by atoms with E-state index < -0.39 is 17.9 Å². The number of hydrogen-bond donors (Lipinski definition) is 0. The van der Waals surface area contributed by atoms with Crippen LogP contribution in [0.25, 0.3) is 0 Å². The molecule has 0 N–H and O–H groups in total. The van der Waals surface area contributed by atoms with Crippen LogP contribution in [0.3, 0.4) is 0 Å². The van der Waals surface area contributed by atoms with E-state index in [1.54, 1.807) is 13.8 Å². The summed E-state index contributed by atoms with van der Waals surface area (Å²) in [5, 5.41) is 0. The molecule has 1 fully saturated rings. The molecule has 0 amide bonds. The highest BCUT2D eigenvalue weighted by Crippen LogP contribution is 2.10. The first-order valence-electron chi connectivity index (χ1n) is 7.47. The molecule has 6 heteroatoms. The Kier molecular flexibility index (Phi) is 8.69. The Labute approximate surface area is 126 Å². The van der Waals surface area contributed by atoms with Gasteiger partial charge in [0.2, 0.25) is 0 Å². The van der Waals surface area contributed by atoms with Gasteiger partial charge in [-0.25, -0.2) is 0 Å². The average molecular weight is 299 g/mol. The third kappa shape index (κ3) is 6.73. The standard InChI is InChI=1S/C15H25NO5/c1-3-20-14(17)13(15(18)21-4-2)7-5-6-8-16-9-11-19-12-10-16/h5-6,13H,3-4,7-12H2,1-2H3. The van der Waals surface area contributed by atoms with Crippen LogP contribution in [0.4, 0.5) is 0 Å². The van der Waals surface area contributed by atoms with Gasteiger partial charge in [-0.05, 0) is 20.3 Å². The molecular weight excluding hydrogens is 274 g/mol. The lowest BCUT2D eigenvalue weighted by Gasteiger charge is -2.25. The minimum absolute atomic E-state index is 0.256. The lowest BCUT2D eigenvalue weighted by Crippen LogP contribution is -2.36. The Balaban J connectivity index is 2.43. The number of nitrogens with zero attached hydrogens (tertiary/aromatic N) is 1. The fraction of sp³-hybridized carbons (Fsp3) is 0.733. The van der Waals surface area contributed by atoms with Gasteiger partial charge in [-0.15, -0.1) is 0 Å². The van der Waals surface area contributed by atoms with E-state index in [1.807, 2.05) is 12.2 Å². The zero-order valence-corrected chi connectivity index (χ0v) is 12.9. The molecule has 0 unspecified atom stereocenters. The second kappa shape index (κ2) is 10.3. The van der Waals surface area contributed by atoms with E-state index in [1.165, 1.54) is 0 Å². The number of morpholine rings is 1. The van der Waals surface area contributed by atoms with Gasteiger partial charge in [-0.2, -0.15) is 0 Å². The molecule has 0 aliphatic carbocycles. The van der Waals surface area contributed by atoms with Crippen LogP contribution in [-0.2, 0) is 23.8 Å². The zero-order valence-electron chi connectivity index (χ0n) is 12.9. The highest BCUT2D eigenvalue weighted by Gasteiger charge is 2.28. The minimum Gasteiger partial charge on any atom is -0.465 e. The van der Waals surface area contributed by atoms with Crippen molar-refractivity contribution in [3.63, 3.8) is 0 Å². The van der Waals surface area contributed by atoms with Crippen LogP contribution < -0.4 is 0 Å². The predicted molar refractivity (Wildman–Crippen MR) is 77.8 cm³/mol. The van der Waals surface area contributed by atoms with Crippen molar-refractivity contribution in [2.24, 2.45) is 5.92 Å². The highest BCUT2D eigenvalue weighted by molar-refractivity contribution is 5.95. The molecular formula is C15H25NO5. The normalized spacial score (nSPS) is 16.3. The van der Waals surface area contributed by atoms with Gasteiger partial charge in [0, 0.05) is 19.6 Å². The first-order valence-corrected chi connectivity index (χ1v) is 7.47. The Bertz CT molecular complexity index is 332. The molecule has 0 saturated carbocycles. The molecule has 0 atom stereocenters. The summed E-state index contributed by atoms with van der Waals surface area (Å²) in [5.74, 6) is -1.91. The van der Waals surface area contributed by atoms with E-state index in [0.29, 0.717) is 6.42 Å². The maximum absolute atomic E-state index is 11.8. The third-order valence-electron chi connectivity index (χ3n) is 3.15. The number of hydrogen-bond acceptors (Lipinski definition) is 6. The van der Waals surface area contributed by atoms with Gasteiger partial charge in [-0.1, -0.05) is 12.2 Å². The first-order chi connectivity index (χ1) is 10.2. The van der Waals surface area contributed by atoms with Crippen LogP contribution in [0.1, 0.15) is 20.3 Å².